The Morgan fingerprint density at radius 1 is 1.32 bits per heavy atom. The maximum atomic E-state index is 13.0. The van der Waals surface area contributed by atoms with Gasteiger partial charge in [0, 0.05) is 26.2 Å². The van der Waals surface area contributed by atoms with Gasteiger partial charge in [0.1, 0.15) is 11.5 Å². The Bertz CT molecular complexity index is 673. The molecule has 3 aliphatic rings. The van der Waals surface area contributed by atoms with Gasteiger partial charge in [0.25, 0.3) is 5.91 Å². The Kier molecular flexibility index (Phi) is 4.61. The summed E-state index contributed by atoms with van der Waals surface area (Å²) in [6, 6.07) is -0.120. The number of amides is 2. The van der Waals surface area contributed by atoms with Crippen molar-refractivity contribution in [3.05, 3.63) is 10.6 Å². The molecule has 1 N–H and O–H groups in total. The standard InChI is InChI=1S/C16H22N4O4S/c1-10-14(25-16(17-10)19-4-6-23-7-5-19)15(22)20-3-2-12-11(8-20)18-13(21)9-24-12/h11-12H,2-9H2,1H3,(H,18,21)/t11-,12+/m0/s1. The number of anilines is 1. The highest BCUT2D eigenvalue weighted by molar-refractivity contribution is 7.17. The summed E-state index contributed by atoms with van der Waals surface area (Å²) in [6.07, 6.45) is 0.749. The first-order valence-corrected chi connectivity index (χ1v) is 9.44. The number of morpholine rings is 2. The van der Waals surface area contributed by atoms with Crippen LogP contribution in [0.4, 0.5) is 5.13 Å². The highest BCUT2D eigenvalue weighted by Crippen LogP contribution is 2.29. The molecular formula is C16H22N4O4S. The van der Waals surface area contributed by atoms with Crippen molar-refractivity contribution < 1.29 is 19.1 Å². The van der Waals surface area contributed by atoms with Crippen LogP contribution in [0.1, 0.15) is 21.8 Å². The van der Waals surface area contributed by atoms with E-state index in [1.807, 2.05) is 6.92 Å². The van der Waals surface area contributed by atoms with Crippen molar-refractivity contribution in [3.8, 4) is 0 Å². The van der Waals surface area contributed by atoms with Gasteiger partial charge in [0.05, 0.1) is 31.1 Å². The second kappa shape index (κ2) is 6.89. The first kappa shape index (κ1) is 16.7. The number of nitrogens with one attached hydrogen (secondary N) is 1. The molecule has 1 aromatic rings. The molecule has 2 amide bonds. The van der Waals surface area contributed by atoms with E-state index in [-0.39, 0.29) is 30.6 Å². The Morgan fingerprint density at radius 2 is 2.12 bits per heavy atom. The summed E-state index contributed by atoms with van der Waals surface area (Å²) < 4.78 is 10.9. The zero-order valence-corrected chi connectivity index (χ0v) is 15.0. The Morgan fingerprint density at radius 3 is 2.92 bits per heavy atom. The van der Waals surface area contributed by atoms with E-state index < -0.39 is 0 Å². The van der Waals surface area contributed by atoms with Gasteiger partial charge in [-0.1, -0.05) is 11.3 Å². The predicted molar refractivity (Wildman–Crippen MR) is 92.1 cm³/mol. The number of thiazole rings is 1. The van der Waals surface area contributed by atoms with Crippen LogP contribution in [0.3, 0.4) is 0 Å². The van der Waals surface area contributed by atoms with Gasteiger partial charge in [-0.15, -0.1) is 0 Å². The summed E-state index contributed by atoms with van der Waals surface area (Å²) in [6.45, 7) is 6.11. The third-order valence-electron chi connectivity index (χ3n) is 4.87. The normalized spacial score (nSPS) is 27.0. The number of fused-ring (bicyclic) bond motifs is 1. The molecule has 0 aromatic carbocycles. The molecular weight excluding hydrogens is 344 g/mol. The number of hydrogen-bond donors (Lipinski definition) is 1. The monoisotopic (exact) mass is 366 g/mol. The Balaban J connectivity index is 1.47. The van der Waals surface area contributed by atoms with Crippen LogP contribution in [0.25, 0.3) is 0 Å². The lowest BCUT2D eigenvalue weighted by Crippen LogP contribution is -2.61. The zero-order chi connectivity index (χ0) is 17.4. The van der Waals surface area contributed by atoms with Gasteiger partial charge in [-0.2, -0.15) is 0 Å². The van der Waals surface area contributed by atoms with Crippen LogP contribution in [0.15, 0.2) is 0 Å². The van der Waals surface area contributed by atoms with E-state index in [0.717, 1.165) is 30.3 Å². The molecule has 0 spiro atoms. The Hall–Kier alpha value is -1.71. The highest BCUT2D eigenvalue weighted by Gasteiger charge is 2.37. The summed E-state index contributed by atoms with van der Waals surface area (Å²) in [5.41, 5.74) is 0.766. The van der Waals surface area contributed by atoms with E-state index >= 15 is 0 Å². The fraction of sp³-hybridized carbons (Fsp3) is 0.688. The average Bonchev–Trinajstić information content (AvgIpc) is 3.03. The van der Waals surface area contributed by atoms with Crippen LogP contribution in [-0.4, -0.2) is 79.8 Å². The van der Waals surface area contributed by atoms with Crippen molar-refractivity contribution in [1.29, 1.82) is 0 Å². The lowest BCUT2D eigenvalue weighted by Gasteiger charge is -2.40. The molecule has 3 saturated heterocycles. The van der Waals surface area contributed by atoms with Crippen LogP contribution in [0, 0.1) is 6.92 Å². The lowest BCUT2D eigenvalue weighted by molar-refractivity contribution is -0.139. The number of piperidine rings is 1. The van der Waals surface area contributed by atoms with Gasteiger partial charge in [0.15, 0.2) is 5.13 Å². The zero-order valence-electron chi connectivity index (χ0n) is 14.2. The minimum Gasteiger partial charge on any atom is -0.378 e. The summed E-state index contributed by atoms with van der Waals surface area (Å²) in [5.74, 6) is -0.119. The molecule has 0 unspecified atom stereocenters. The molecule has 136 valence electrons. The van der Waals surface area contributed by atoms with Crippen molar-refractivity contribution in [2.45, 2.75) is 25.5 Å². The quantitative estimate of drug-likeness (QED) is 0.794. The third kappa shape index (κ3) is 3.36. The molecule has 2 atom stereocenters. The molecule has 8 nitrogen and oxygen atoms in total. The summed E-state index contributed by atoms with van der Waals surface area (Å²) in [5, 5.41) is 3.82. The fourth-order valence-corrected chi connectivity index (χ4v) is 4.58. The number of aromatic nitrogens is 1. The van der Waals surface area contributed by atoms with Crippen molar-refractivity contribution in [2.24, 2.45) is 0 Å². The van der Waals surface area contributed by atoms with E-state index in [4.69, 9.17) is 9.47 Å². The smallest absolute Gasteiger partial charge is 0.265 e. The van der Waals surface area contributed by atoms with Crippen molar-refractivity contribution in [1.82, 2.24) is 15.2 Å². The van der Waals surface area contributed by atoms with Crippen LogP contribution < -0.4 is 10.2 Å². The van der Waals surface area contributed by atoms with E-state index in [1.54, 1.807) is 4.90 Å². The minimum atomic E-state index is -0.120. The number of aryl methyl sites for hydroxylation is 1. The van der Waals surface area contributed by atoms with Crippen LogP contribution >= 0.6 is 11.3 Å². The summed E-state index contributed by atoms with van der Waals surface area (Å²) in [4.78, 5) is 33.8. The number of rotatable bonds is 2. The first-order chi connectivity index (χ1) is 12.1. The van der Waals surface area contributed by atoms with E-state index in [9.17, 15) is 9.59 Å². The lowest BCUT2D eigenvalue weighted by atomic mass is 10.0. The fourth-order valence-electron chi connectivity index (χ4n) is 3.50. The van der Waals surface area contributed by atoms with Crippen molar-refractivity contribution >= 4 is 28.3 Å². The van der Waals surface area contributed by atoms with Gasteiger partial charge in [-0.25, -0.2) is 4.98 Å². The summed E-state index contributed by atoms with van der Waals surface area (Å²) in [7, 11) is 0. The van der Waals surface area contributed by atoms with Gasteiger partial charge < -0.3 is 24.6 Å². The molecule has 0 saturated carbocycles. The number of likely N-dealkylation sites (tertiary alicyclic amines) is 1. The van der Waals surface area contributed by atoms with E-state index in [0.29, 0.717) is 31.2 Å². The third-order valence-corrected chi connectivity index (χ3v) is 6.08. The second-order valence-electron chi connectivity index (χ2n) is 6.57. The van der Waals surface area contributed by atoms with Crippen LogP contribution in [-0.2, 0) is 14.3 Å². The number of carbonyl (C=O) groups excluding carboxylic acids is 2. The summed E-state index contributed by atoms with van der Waals surface area (Å²) >= 11 is 1.45. The second-order valence-corrected chi connectivity index (χ2v) is 7.55. The largest absolute Gasteiger partial charge is 0.378 e. The molecule has 1 aromatic heterocycles. The molecule has 25 heavy (non-hydrogen) atoms. The predicted octanol–water partition coefficient (Wildman–Crippen LogP) is 0.0176. The molecule has 9 heteroatoms. The van der Waals surface area contributed by atoms with Gasteiger partial charge in [-0.3, -0.25) is 9.59 Å². The topological polar surface area (TPSA) is 84.0 Å². The van der Waals surface area contributed by atoms with Crippen molar-refractivity contribution in [2.75, 3.05) is 50.9 Å². The molecule has 3 fully saturated rings. The number of ether oxygens (including phenoxy) is 2. The number of nitrogens with zero attached hydrogens (tertiary/aromatic N) is 3. The number of hydrogen-bond acceptors (Lipinski definition) is 7. The van der Waals surface area contributed by atoms with Crippen LogP contribution in [0.5, 0.6) is 0 Å². The van der Waals surface area contributed by atoms with Crippen molar-refractivity contribution in [3.63, 3.8) is 0 Å². The van der Waals surface area contributed by atoms with Crippen LogP contribution in [0.2, 0.25) is 0 Å². The molecule has 4 rings (SSSR count). The molecule has 4 heterocycles. The molecule has 0 radical (unpaired) electrons. The maximum Gasteiger partial charge on any atom is 0.265 e. The highest BCUT2D eigenvalue weighted by atomic mass is 32.1. The first-order valence-electron chi connectivity index (χ1n) is 8.62. The maximum absolute atomic E-state index is 13.0. The average molecular weight is 366 g/mol. The molecule has 0 bridgehead atoms. The van der Waals surface area contributed by atoms with Gasteiger partial charge in [0.2, 0.25) is 5.91 Å². The Labute approximate surface area is 150 Å². The number of carbonyl (C=O) groups is 2. The molecule has 0 aliphatic carbocycles. The van der Waals surface area contributed by atoms with Gasteiger partial charge >= 0.3 is 0 Å². The minimum absolute atomic E-state index is 0.00668. The molecule has 3 aliphatic heterocycles. The SMILES string of the molecule is Cc1nc(N2CCOCC2)sc1C(=O)N1CC[C@H]2OCC(=O)N[C@H]2C1. The van der Waals surface area contributed by atoms with Gasteiger partial charge in [-0.05, 0) is 13.3 Å². The van der Waals surface area contributed by atoms with E-state index in [2.05, 4.69) is 15.2 Å². The van der Waals surface area contributed by atoms with E-state index in [1.165, 1.54) is 11.3 Å².